The Hall–Kier alpha value is -1.00. The number of thioether (sulfide) groups is 1. The molecule has 0 aromatic heterocycles. The molecule has 0 aliphatic carbocycles. The minimum absolute atomic E-state index is 0.0332. The molecule has 2 heterocycles. The van der Waals surface area contributed by atoms with Crippen LogP contribution in [-0.4, -0.2) is 30.9 Å². The fourth-order valence-corrected chi connectivity index (χ4v) is 3.18. The number of carbonyl (C=O) groups excluding carboxylic acids is 1. The minimum atomic E-state index is -0.304. The van der Waals surface area contributed by atoms with E-state index in [1.165, 1.54) is 0 Å². The standard InChI is InChI=1S/C13H14O3S/c14-13(9-5-6-15-7-9)11-8-17-12-4-2-1-3-10(12)16-11/h1-4,9,11H,5-8H2. The van der Waals surface area contributed by atoms with Crippen LogP contribution in [0.3, 0.4) is 0 Å². The van der Waals surface area contributed by atoms with Gasteiger partial charge < -0.3 is 9.47 Å². The van der Waals surface area contributed by atoms with Gasteiger partial charge in [0.2, 0.25) is 0 Å². The first-order valence-electron chi connectivity index (χ1n) is 5.84. The van der Waals surface area contributed by atoms with Gasteiger partial charge in [0.1, 0.15) is 5.75 Å². The van der Waals surface area contributed by atoms with E-state index in [0.29, 0.717) is 19.0 Å². The molecule has 3 rings (SSSR count). The van der Waals surface area contributed by atoms with Gasteiger partial charge in [0.25, 0.3) is 0 Å². The summed E-state index contributed by atoms with van der Waals surface area (Å²) in [6.45, 7) is 1.26. The molecule has 3 nitrogen and oxygen atoms in total. The van der Waals surface area contributed by atoms with E-state index in [1.807, 2.05) is 24.3 Å². The van der Waals surface area contributed by atoms with Crippen LogP contribution in [0.5, 0.6) is 5.75 Å². The van der Waals surface area contributed by atoms with Crippen molar-refractivity contribution in [1.29, 1.82) is 0 Å². The highest BCUT2D eigenvalue weighted by molar-refractivity contribution is 7.99. The monoisotopic (exact) mass is 250 g/mol. The van der Waals surface area contributed by atoms with Crippen LogP contribution in [0.1, 0.15) is 6.42 Å². The van der Waals surface area contributed by atoms with E-state index in [-0.39, 0.29) is 17.8 Å². The number of hydrogen-bond donors (Lipinski definition) is 0. The second-order valence-corrected chi connectivity index (χ2v) is 5.39. The van der Waals surface area contributed by atoms with Crippen LogP contribution < -0.4 is 4.74 Å². The summed E-state index contributed by atoms with van der Waals surface area (Å²) in [5, 5.41) is 0. The molecule has 0 bridgehead atoms. The molecule has 0 saturated carbocycles. The Bertz CT molecular complexity index is 426. The molecule has 2 aliphatic rings. The second-order valence-electron chi connectivity index (χ2n) is 4.33. The molecule has 1 aromatic rings. The Balaban J connectivity index is 1.73. The molecule has 2 aliphatic heterocycles. The number of Topliss-reactive ketones (excluding diaryl/α,β-unsaturated/α-hetero) is 1. The van der Waals surface area contributed by atoms with E-state index < -0.39 is 0 Å². The number of hydrogen-bond acceptors (Lipinski definition) is 4. The predicted molar refractivity (Wildman–Crippen MR) is 65.5 cm³/mol. The van der Waals surface area contributed by atoms with E-state index in [2.05, 4.69) is 0 Å². The number of benzene rings is 1. The summed E-state index contributed by atoms with van der Waals surface area (Å²) < 4.78 is 11.0. The summed E-state index contributed by atoms with van der Waals surface area (Å²) in [7, 11) is 0. The summed E-state index contributed by atoms with van der Waals surface area (Å²) in [4.78, 5) is 13.3. The molecule has 2 unspecified atom stereocenters. The third-order valence-electron chi connectivity index (χ3n) is 3.16. The second kappa shape index (κ2) is 4.70. The van der Waals surface area contributed by atoms with Crippen LogP contribution in [0.2, 0.25) is 0 Å². The number of para-hydroxylation sites is 1. The van der Waals surface area contributed by atoms with Crippen LogP contribution in [0.15, 0.2) is 29.2 Å². The van der Waals surface area contributed by atoms with Crippen molar-refractivity contribution in [3.05, 3.63) is 24.3 Å². The first kappa shape index (κ1) is 11.1. The van der Waals surface area contributed by atoms with Crippen molar-refractivity contribution in [2.45, 2.75) is 17.4 Å². The van der Waals surface area contributed by atoms with Crippen molar-refractivity contribution in [2.75, 3.05) is 19.0 Å². The predicted octanol–water partition coefficient (Wildman–Crippen LogP) is 2.15. The Morgan fingerprint density at radius 3 is 3.06 bits per heavy atom. The molecule has 2 atom stereocenters. The topological polar surface area (TPSA) is 35.5 Å². The van der Waals surface area contributed by atoms with E-state index in [9.17, 15) is 4.79 Å². The van der Waals surface area contributed by atoms with Gasteiger partial charge in [-0.2, -0.15) is 0 Å². The van der Waals surface area contributed by atoms with Crippen molar-refractivity contribution in [3.63, 3.8) is 0 Å². The summed E-state index contributed by atoms with van der Waals surface area (Å²) >= 11 is 1.70. The Morgan fingerprint density at radius 1 is 1.35 bits per heavy atom. The average Bonchev–Trinajstić information content (AvgIpc) is 2.91. The molecule has 0 spiro atoms. The van der Waals surface area contributed by atoms with Crippen LogP contribution in [0.4, 0.5) is 0 Å². The number of rotatable bonds is 2. The summed E-state index contributed by atoms with van der Waals surface area (Å²) in [5.74, 6) is 1.78. The molecule has 1 aromatic carbocycles. The third-order valence-corrected chi connectivity index (χ3v) is 4.28. The van der Waals surface area contributed by atoms with Gasteiger partial charge >= 0.3 is 0 Å². The molecule has 1 fully saturated rings. The van der Waals surface area contributed by atoms with Crippen molar-refractivity contribution in [1.82, 2.24) is 0 Å². The highest BCUT2D eigenvalue weighted by Gasteiger charge is 2.33. The first-order valence-corrected chi connectivity index (χ1v) is 6.83. The summed E-state index contributed by atoms with van der Waals surface area (Å²) in [6, 6.07) is 7.87. The van der Waals surface area contributed by atoms with Gasteiger partial charge in [-0.25, -0.2) is 0 Å². The Labute approximate surface area is 104 Å². The number of ketones is 1. The summed E-state index contributed by atoms with van der Waals surface area (Å²) in [5.41, 5.74) is 0. The van der Waals surface area contributed by atoms with Gasteiger partial charge in [-0.3, -0.25) is 4.79 Å². The van der Waals surface area contributed by atoms with Gasteiger partial charge in [-0.05, 0) is 18.6 Å². The van der Waals surface area contributed by atoms with Gasteiger partial charge in [0.05, 0.1) is 6.61 Å². The normalized spacial score (nSPS) is 27.3. The van der Waals surface area contributed by atoms with Gasteiger partial charge in [0, 0.05) is 23.2 Å². The molecule has 90 valence electrons. The van der Waals surface area contributed by atoms with E-state index in [0.717, 1.165) is 17.1 Å². The molecule has 0 amide bonds. The lowest BCUT2D eigenvalue weighted by Gasteiger charge is -2.25. The highest BCUT2D eigenvalue weighted by Crippen LogP contribution is 2.36. The molecular formula is C13H14O3S. The van der Waals surface area contributed by atoms with E-state index >= 15 is 0 Å². The summed E-state index contributed by atoms with van der Waals surface area (Å²) in [6.07, 6.45) is 0.534. The zero-order valence-corrected chi connectivity index (χ0v) is 10.2. The van der Waals surface area contributed by atoms with Crippen LogP contribution in [-0.2, 0) is 9.53 Å². The minimum Gasteiger partial charge on any atom is -0.481 e. The largest absolute Gasteiger partial charge is 0.481 e. The lowest BCUT2D eigenvalue weighted by Crippen LogP contribution is -2.37. The molecule has 4 heteroatoms. The molecule has 1 saturated heterocycles. The number of carbonyl (C=O) groups is 1. The van der Waals surface area contributed by atoms with Crippen molar-refractivity contribution in [2.24, 2.45) is 5.92 Å². The van der Waals surface area contributed by atoms with Crippen molar-refractivity contribution in [3.8, 4) is 5.75 Å². The average molecular weight is 250 g/mol. The number of fused-ring (bicyclic) bond motifs is 1. The maximum Gasteiger partial charge on any atom is 0.179 e. The highest BCUT2D eigenvalue weighted by atomic mass is 32.2. The van der Waals surface area contributed by atoms with Crippen LogP contribution in [0.25, 0.3) is 0 Å². The molecule has 0 N–H and O–H groups in total. The first-order chi connectivity index (χ1) is 8.34. The van der Waals surface area contributed by atoms with Gasteiger partial charge in [-0.1, -0.05) is 12.1 Å². The fourth-order valence-electron chi connectivity index (χ4n) is 2.18. The van der Waals surface area contributed by atoms with E-state index in [1.54, 1.807) is 11.8 Å². The zero-order valence-electron chi connectivity index (χ0n) is 9.43. The smallest absolute Gasteiger partial charge is 0.179 e. The molecule has 17 heavy (non-hydrogen) atoms. The quantitative estimate of drug-likeness (QED) is 0.805. The van der Waals surface area contributed by atoms with Crippen LogP contribution >= 0.6 is 11.8 Å². The maximum atomic E-state index is 12.2. The van der Waals surface area contributed by atoms with Gasteiger partial charge in [-0.15, -0.1) is 11.8 Å². The van der Waals surface area contributed by atoms with Crippen LogP contribution in [0, 0.1) is 5.92 Å². The fraction of sp³-hybridized carbons (Fsp3) is 0.462. The third kappa shape index (κ3) is 2.19. The zero-order chi connectivity index (χ0) is 11.7. The SMILES string of the molecule is O=C(C1CCOC1)C1CSc2ccccc2O1. The maximum absolute atomic E-state index is 12.2. The van der Waals surface area contributed by atoms with Gasteiger partial charge in [0.15, 0.2) is 11.9 Å². The van der Waals surface area contributed by atoms with Crippen molar-refractivity contribution < 1.29 is 14.3 Å². The molecule has 0 radical (unpaired) electrons. The molecular weight excluding hydrogens is 236 g/mol. The Morgan fingerprint density at radius 2 is 2.24 bits per heavy atom. The Kier molecular flexibility index (Phi) is 3.07. The lowest BCUT2D eigenvalue weighted by molar-refractivity contribution is -0.129. The van der Waals surface area contributed by atoms with E-state index in [4.69, 9.17) is 9.47 Å². The lowest BCUT2D eigenvalue weighted by atomic mass is 10.00. The van der Waals surface area contributed by atoms with Crippen molar-refractivity contribution >= 4 is 17.5 Å². The number of ether oxygens (including phenoxy) is 2.